The number of amides is 2. The van der Waals surface area contributed by atoms with Crippen LogP contribution in [0.25, 0.3) is 0 Å². The van der Waals surface area contributed by atoms with Gasteiger partial charge in [-0.3, -0.25) is 14.4 Å². The average molecular weight is 586 g/mol. The van der Waals surface area contributed by atoms with E-state index in [0.717, 1.165) is 6.08 Å². The molecule has 0 saturated carbocycles. The lowest BCUT2D eigenvalue weighted by Gasteiger charge is -2.30. The zero-order valence-electron chi connectivity index (χ0n) is 25.1. The number of Topliss-reactive ketones (excluding diaryl/α,β-unsaturated/α-hetero) is 1. The summed E-state index contributed by atoms with van der Waals surface area (Å²) in [5, 5.41) is 28.7. The van der Waals surface area contributed by atoms with Crippen molar-refractivity contribution in [2.75, 3.05) is 20.8 Å². The van der Waals surface area contributed by atoms with Crippen molar-refractivity contribution in [3.05, 3.63) is 71.1 Å². The zero-order valence-corrected chi connectivity index (χ0v) is 25.1. The predicted molar refractivity (Wildman–Crippen MR) is 158 cm³/mol. The fraction of sp³-hybridized carbons (Fsp3) is 0.484. The summed E-state index contributed by atoms with van der Waals surface area (Å²) in [6.07, 6.45) is 6.02. The number of ketones is 2. The van der Waals surface area contributed by atoms with Crippen molar-refractivity contribution in [1.29, 1.82) is 0 Å². The first-order valence-electron chi connectivity index (χ1n) is 13.8. The lowest BCUT2D eigenvalue weighted by Crippen LogP contribution is -2.44. The lowest BCUT2D eigenvalue weighted by atomic mass is 9.85. The van der Waals surface area contributed by atoms with Gasteiger partial charge in [0, 0.05) is 43.9 Å². The third-order valence-corrected chi connectivity index (χ3v) is 7.32. The van der Waals surface area contributed by atoms with E-state index >= 15 is 0 Å². The molecular formula is C31H43N3O8. The molecule has 5 N–H and O–H groups in total. The average Bonchev–Trinajstić information content (AvgIpc) is 2.94. The van der Waals surface area contributed by atoms with Gasteiger partial charge in [-0.05, 0) is 32.6 Å². The first-order chi connectivity index (χ1) is 19.8. The fourth-order valence-electron chi connectivity index (χ4n) is 5.03. The molecule has 1 aliphatic carbocycles. The van der Waals surface area contributed by atoms with Crippen LogP contribution in [0, 0.1) is 11.8 Å². The van der Waals surface area contributed by atoms with Gasteiger partial charge >= 0.3 is 6.09 Å². The maximum atomic E-state index is 13.5. The Labute approximate surface area is 247 Å². The highest BCUT2D eigenvalue weighted by Gasteiger charge is 2.33. The molecular weight excluding hydrogens is 542 g/mol. The van der Waals surface area contributed by atoms with Gasteiger partial charge in [0.1, 0.15) is 0 Å². The number of carboxylic acid groups (broad SMARTS) is 1. The van der Waals surface area contributed by atoms with Gasteiger partial charge in [-0.25, -0.2) is 4.79 Å². The van der Waals surface area contributed by atoms with Crippen LogP contribution in [0.5, 0.6) is 0 Å². The minimum atomic E-state index is -1.25. The molecule has 0 aromatic heterocycles. The maximum absolute atomic E-state index is 13.5. The number of carbonyl (C=O) groups excluding carboxylic acids is 3. The van der Waals surface area contributed by atoms with Gasteiger partial charge in [-0.15, -0.1) is 6.58 Å². The van der Waals surface area contributed by atoms with Crippen LogP contribution >= 0.6 is 0 Å². The summed E-state index contributed by atoms with van der Waals surface area (Å²) in [4.78, 5) is 51.2. The van der Waals surface area contributed by atoms with Crippen LogP contribution in [0.1, 0.15) is 40.5 Å². The molecule has 1 aliphatic heterocycles. The molecule has 0 fully saturated rings. The third kappa shape index (κ3) is 9.10. The Morgan fingerprint density at radius 2 is 1.88 bits per heavy atom. The number of ether oxygens (including phenoxy) is 2. The number of hydrogen-bond donors (Lipinski definition) is 5. The minimum absolute atomic E-state index is 0.136. The van der Waals surface area contributed by atoms with Crippen LogP contribution in [0.3, 0.4) is 0 Å². The van der Waals surface area contributed by atoms with E-state index in [1.54, 1.807) is 45.1 Å². The second-order valence-electron chi connectivity index (χ2n) is 10.7. The summed E-state index contributed by atoms with van der Waals surface area (Å²) in [6.45, 7) is 10.9. The molecule has 0 saturated heterocycles. The van der Waals surface area contributed by atoms with Crippen LogP contribution < -0.4 is 16.0 Å². The summed E-state index contributed by atoms with van der Waals surface area (Å²) < 4.78 is 11.2. The fourth-order valence-corrected chi connectivity index (χ4v) is 5.03. The third-order valence-electron chi connectivity index (χ3n) is 7.32. The van der Waals surface area contributed by atoms with Crippen molar-refractivity contribution in [2.24, 2.45) is 11.8 Å². The van der Waals surface area contributed by atoms with Crippen LogP contribution in [-0.4, -0.2) is 78.9 Å². The normalized spacial score (nSPS) is 31.6. The summed E-state index contributed by atoms with van der Waals surface area (Å²) >= 11 is 0. The van der Waals surface area contributed by atoms with E-state index in [1.165, 1.54) is 20.3 Å². The quantitative estimate of drug-likeness (QED) is 0.233. The van der Waals surface area contributed by atoms with E-state index in [9.17, 15) is 29.4 Å². The molecule has 230 valence electrons. The summed E-state index contributed by atoms with van der Waals surface area (Å²) in [5.74, 6) is -2.16. The van der Waals surface area contributed by atoms with Crippen molar-refractivity contribution in [3.8, 4) is 0 Å². The summed E-state index contributed by atoms with van der Waals surface area (Å²) in [5.41, 5.74) is 1.10. The van der Waals surface area contributed by atoms with Gasteiger partial charge in [-0.1, -0.05) is 49.8 Å². The van der Waals surface area contributed by atoms with E-state index in [4.69, 9.17) is 9.47 Å². The number of nitrogens with one attached hydrogen (secondary N) is 3. The second-order valence-corrected chi connectivity index (χ2v) is 10.7. The molecule has 0 spiro atoms. The first kappa shape index (κ1) is 34.4. The van der Waals surface area contributed by atoms with Crippen molar-refractivity contribution in [1.82, 2.24) is 16.0 Å². The Balaban J connectivity index is 2.62. The Morgan fingerprint density at radius 3 is 2.48 bits per heavy atom. The number of fused-ring (bicyclic) bond motifs is 2. The molecule has 11 nitrogen and oxygen atoms in total. The SMILES string of the molecule is C=CCNC1=C2C[C@@H](C)C[C@H](OC)[C@H](O)[C@@H](C)/C=C(\C)[C@H](NC(=O)O)[C@@H](OC)/C=C\C=C(/C)C(=O)NC(=CC1=O)C2=O. The monoisotopic (exact) mass is 585 g/mol. The largest absolute Gasteiger partial charge is 0.465 e. The number of hydrogen-bond acceptors (Lipinski definition) is 8. The Kier molecular flexibility index (Phi) is 13.1. The van der Waals surface area contributed by atoms with Crippen molar-refractivity contribution in [2.45, 2.75) is 64.9 Å². The van der Waals surface area contributed by atoms with Crippen LogP contribution in [0.15, 0.2) is 71.1 Å². The summed E-state index contributed by atoms with van der Waals surface area (Å²) in [6, 6.07) is -0.788. The van der Waals surface area contributed by atoms with E-state index < -0.39 is 53.8 Å². The number of allylic oxidation sites excluding steroid dienone is 4. The molecule has 2 bridgehead atoms. The Bertz CT molecular complexity index is 1210. The molecule has 2 aliphatic rings. The number of aliphatic hydroxyl groups excluding tert-OH is 1. The minimum Gasteiger partial charge on any atom is -0.465 e. The highest BCUT2D eigenvalue weighted by molar-refractivity contribution is 6.23. The van der Waals surface area contributed by atoms with Crippen molar-refractivity contribution >= 4 is 23.6 Å². The van der Waals surface area contributed by atoms with Crippen molar-refractivity contribution in [3.63, 3.8) is 0 Å². The molecule has 0 aromatic carbocycles. The molecule has 6 atom stereocenters. The highest BCUT2D eigenvalue weighted by Crippen LogP contribution is 2.28. The Hall–Kier alpha value is -3.80. The van der Waals surface area contributed by atoms with Crippen LogP contribution in [-0.2, 0) is 23.9 Å². The molecule has 0 radical (unpaired) electrons. The highest BCUT2D eigenvalue weighted by atomic mass is 16.5. The Morgan fingerprint density at radius 1 is 1.19 bits per heavy atom. The molecule has 2 rings (SSSR count). The molecule has 1 heterocycles. The van der Waals surface area contributed by atoms with E-state index in [1.807, 2.05) is 6.92 Å². The smallest absolute Gasteiger partial charge is 0.405 e. The van der Waals surface area contributed by atoms with E-state index in [-0.39, 0.29) is 41.4 Å². The number of aliphatic hydroxyl groups is 1. The van der Waals surface area contributed by atoms with Gasteiger partial charge in [0.15, 0.2) is 0 Å². The first-order valence-corrected chi connectivity index (χ1v) is 13.8. The van der Waals surface area contributed by atoms with E-state index in [2.05, 4.69) is 22.5 Å². The predicted octanol–water partition coefficient (Wildman–Crippen LogP) is 2.71. The maximum Gasteiger partial charge on any atom is 0.405 e. The molecule has 2 amide bonds. The van der Waals surface area contributed by atoms with Crippen molar-refractivity contribution < 1.29 is 38.9 Å². The van der Waals surface area contributed by atoms with Crippen LogP contribution in [0.2, 0.25) is 0 Å². The molecule has 0 unspecified atom stereocenters. The number of carbonyl (C=O) groups is 4. The topological polar surface area (TPSA) is 163 Å². The molecule has 11 heteroatoms. The standard InChI is InChI=1S/C31H43N3O8/c1-8-12-32-27-21-13-17(2)14-25(42-7)28(36)20(5)15-19(4)26(34-31(39)40)24(41-6)11-9-10-18(3)30(38)33-22(29(21)37)16-23(27)35/h8-11,15-17,20,24-26,28,32,34,36H,1,12-14H2,2-7H3,(H,33,38)(H,39,40)/b11-9-,18-10+,19-15+/t17-,20+,24+,25+,26+,28-/m1/s1. The number of methoxy groups -OCH3 is 2. The summed E-state index contributed by atoms with van der Waals surface area (Å²) in [7, 11) is 2.91. The van der Waals surface area contributed by atoms with Gasteiger partial charge < -0.3 is 35.6 Å². The lowest BCUT2D eigenvalue weighted by molar-refractivity contribution is -0.120. The van der Waals surface area contributed by atoms with Gasteiger partial charge in [0.2, 0.25) is 11.6 Å². The van der Waals surface area contributed by atoms with Gasteiger partial charge in [-0.2, -0.15) is 0 Å². The molecule has 0 aromatic rings. The number of rotatable bonds is 6. The molecule has 42 heavy (non-hydrogen) atoms. The van der Waals surface area contributed by atoms with Gasteiger partial charge in [0.05, 0.1) is 35.7 Å². The van der Waals surface area contributed by atoms with Gasteiger partial charge in [0.25, 0.3) is 5.91 Å². The van der Waals surface area contributed by atoms with E-state index in [0.29, 0.717) is 12.0 Å². The zero-order chi connectivity index (χ0) is 31.6. The van der Waals surface area contributed by atoms with Crippen LogP contribution in [0.4, 0.5) is 4.79 Å². The second kappa shape index (κ2) is 16.0.